The van der Waals surface area contributed by atoms with Gasteiger partial charge in [-0.25, -0.2) is 9.78 Å². The highest BCUT2D eigenvalue weighted by molar-refractivity contribution is 5.81. The van der Waals surface area contributed by atoms with Crippen molar-refractivity contribution in [1.82, 2.24) is 19.0 Å². The molecule has 0 N–H and O–H groups in total. The third-order valence-electron chi connectivity index (χ3n) is 6.65. The minimum atomic E-state index is 0.0465. The first-order valence-electron chi connectivity index (χ1n) is 10.6. The maximum atomic E-state index is 13.4. The predicted octanol–water partition coefficient (Wildman–Crippen LogP) is 2.96. The Kier molecular flexibility index (Phi) is 4.29. The topological polar surface area (TPSA) is 60.1 Å². The molecule has 2 aromatic rings. The molecule has 1 aliphatic heterocycles. The summed E-state index contributed by atoms with van der Waals surface area (Å²) in [6.07, 6.45) is 11.0. The molecule has 3 fully saturated rings. The fraction of sp³-hybridized carbons (Fsp3) is 0.667. The zero-order chi connectivity index (χ0) is 18.4. The molecule has 3 aliphatic rings. The number of imidazole rings is 1. The molecule has 1 amide bonds. The maximum absolute atomic E-state index is 13.4. The Balaban J connectivity index is 1.46. The van der Waals surface area contributed by atoms with E-state index in [1.54, 1.807) is 6.20 Å². The van der Waals surface area contributed by atoms with Crippen LogP contribution in [0.2, 0.25) is 0 Å². The molecule has 6 heteroatoms. The number of rotatable bonds is 4. The number of aromatic nitrogens is 3. The molecule has 6 nitrogen and oxygen atoms in total. The minimum absolute atomic E-state index is 0.0465. The second-order valence-corrected chi connectivity index (χ2v) is 8.61. The van der Waals surface area contributed by atoms with Crippen molar-refractivity contribution in [3.8, 4) is 0 Å². The summed E-state index contributed by atoms with van der Waals surface area (Å²) in [5.74, 6) is 1.11. The van der Waals surface area contributed by atoms with Gasteiger partial charge >= 0.3 is 5.69 Å². The third-order valence-corrected chi connectivity index (χ3v) is 6.65. The number of amides is 1. The van der Waals surface area contributed by atoms with Gasteiger partial charge in [-0.05, 0) is 50.2 Å². The lowest BCUT2D eigenvalue weighted by Gasteiger charge is -2.21. The number of carbonyl (C=O) groups is 1. The van der Waals surface area contributed by atoms with E-state index in [2.05, 4.69) is 4.98 Å². The van der Waals surface area contributed by atoms with E-state index in [1.807, 2.05) is 26.2 Å². The van der Waals surface area contributed by atoms with Gasteiger partial charge in [-0.2, -0.15) is 0 Å². The zero-order valence-corrected chi connectivity index (χ0v) is 15.8. The lowest BCUT2D eigenvalue weighted by Crippen LogP contribution is -2.33. The van der Waals surface area contributed by atoms with Crippen molar-refractivity contribution in [2.75, 3.05) is 13.1 Å². The lowest BCUT2D eigenvalue weighted by molar-refractivity contribution is -0.131. The summed E-state index contributed by atoms with van der Waals surface area (Å²) in [7, 11) is 0. The van der Waals surface area contributed by atoms with Crippen LogP contribution in [0.4, 0.5) is 0 Å². The average Bonchev–Trinajstić information content (AvgIpc) is 3.38. The van der Waals surface area contributed by atoms with Crippen molar-refractivity contribution in [2.24, 2.45) is 11.8 Å². The van der Waals surface area contributed by atoms with Crippen molar-refractivity contribution >= 4 is 17.1 Å². The Morgan fingerprint density at radius 1 is 1.11 bits per heavy atom. The number of hydrogen-bond acceptors (Lipinski definition) is 3. The van der Waals surface area contributed by atoms with Gasteiger partial charge in [-0.3, -0.25) is 13.9 Å². The van der Waals surface area contributed by atoms with Crippen LogP contribution in [-0.4, -0.2) is 38.0 Å². The summed E-state index contributed by atoms with van der Waals surface area (Å²) < 4.78 is 3.82. The van der Waals surface area contributed by atoms with Crippen LogP contribution in [0.1, 0.15) is 57.4 Å². The number of likely N-dealkylation sites (tertiary alicyclic amines) is 1. The molecule has 0 radical (unpaired) electrons. The number of pyridine rings is 1. The first kappa shape index (κ1) is 17.0. The van der Waals surface area contributed by atoms with Crippen LogP contribution < -0.4 is 5.69 Å². The lowest BCUT2D eigenvalue weighted by atomic mass is 9.89. The van der Waals surface area contributed by atoms with Crippen molar-refractivity contribution in [2.45, 2.75) is 64.0 Å². The Hall–Kier alpha value is -2.11. The minimum Gasteiger partial charge on any atom is -0.340 e. The molecule has 3 heterocycles. The van der Waals surface area contributed by atoms with Gasteiger partial charge in [0.05, 0.1) is 11.6 Å². The molecule has 27 heavy (non-hydrogen) atoms. The first-order chi connectivity index (χ1) is 13.2. The number of hydrogen-bond donors (Lipinski definition) is 0. The van der Waals surface area contributed by atoms with Crippen LogP contribution in [0.25, 0.3) is 11.2 Å². The Labute approximate surface area is 159 Å². The molecule has 0 aromatic carbocycles. The van der Waals surface area contributed by atoms with Gasteiger partial charge in [0.1, 0.15) is 0 Å². The highest BCUT2D eigenvalue weighted by Crippen LogP contribution is 2.34. The van der Waals surface area contributed by atoms with Crippen LogP contribution in [0.15, 0.2) is 23.1 Å². The van der Waals surface area contributed by atoms with Gasteiger partial charge in [-0.1, -0.05) is 19.3 Å². The van der Waals surface area contributed by atoms with Crippen molar-refractivity contribution in [3.63, 3.8) is 0 Å². The van der Waals surface area contributed by atoms with E-state index in [0.29, 0.717) is 12.5 Å². The predicted molar refractivity (Wildman–Crippen MR) is 104 cm³/mol. The van der Waals surface area contributed by atoms with E-state index in [4.69, 9.17) is 0 Å². The van der Waals surface area contributed by atoms with Crippen LogP contribution in [0, 0.1) is 11.8 Å². The summed E-state index contributed by atoms with van der Waals surface area (Å²) in [6, 6.07) is 3.98. The molecule has 1 saturated heterocycles. The Bertz CT molecular complexity index is 905. The highest BCUT2D eigenvalue weighted by Gasteiger charge is 2.38. The van der Waals surface area contributed by atoms with Gasteiger partial charge < -0.3 is 4.90 Å². The molecule has 0 unspecified atom stereocenters. The van der Waals surface area contributed by atoms with Gasteiger partial charge in [0.15, 0.2) is 5.65 Å². The smallest absolute Gasteiger partial charge is 0.330 e. The number of carbonyl (C=O) groups excluding carboxylic acids is 1. The molecule has 144 valence electrons. The SMILES string of the molecule is O=C(C1CC1)N1CC[C@@H](n2c(=O)n(CC3CCCCC3)c3cccnc32)C1. The standard InChI is InChI=1S/C21H28N4O2/c26-20(16-8-9-16)23-12-10-17(14-23)25-19-18(7-4-11-22-19)24(21(25)27)13-15-5-2-1-3-6-15/h4,7,11,15-17H,1-3,5-6,8-10,12-14H2/t17-/m1/s1. The van der Waals surface area contributed by atoms with E-state index < -0.39 is 0 Å². The largest absolute Gasteiger partial charge is 0.340 e. The fourth-order valence-electron chi connectivity index (χ4n) is 4.98. The summed E-state index contributed by atoms with van der Waals surface area (Å²) in [6.45, 7) is 2.20. The molecule has 2 aromatic heterocycles. The Morgan fingerprint density at radius 2 is 1.93 bits per heavy atom. The van der Waals surface area contributed by atoms with Gasteiger partial charge in [0.25, 0.3) is 0 Å². The molecule has 1 atom stereocenters. The zero-order valence-electron chi connectivity index (χ0n) is 15.8. The van der Waals surface area contributed by atoms with Gasteiger partial charge in [0, 0.05) is 31.7 Å². The molecule has 0 spiro atoms. The maximum Gasteiger partial charge on any atom is 0.330 e. The first-order valence-corrected chi connectivity index (χ1v) is 10.6. The second kappa shape index (κ2) is 6.80. The van der Waals surface area contributed by atoms with E-state index >= 15 is 0 Å². The van der Waals surface area contributed by atoms with Crippen molar-refractivity contribution < 1.29 is 4.79 Å². The highest BCUT2D eigenvalue weighted by atomic mass is 16.2. The van der Waals surface area contributed by atoms with Crippen molar-refractivity contribution in [3.05, 3.63) is 28.8 Å². The third kappa shape index (κ3) is 3.09. The second-order valence-electron chi connectivity index (χ2n) is 8.61. The van der Waals surface area contributed by atoms with E-state index in [-0.39, 0.29) is 23.6 Å². The van der Waals surface area contributed by atoms with E-state index in [9.17, 15) is 9.59 Å². The molecular formula is C21H28N4O2. The normalized spacial score (nSPS) is 24.0. The average molecular weight is 368 g/mol. The van der Waals surface area contributed by atoms with E-state index in [0.717, 1.165) is 43.5 Å². The molecule has 2 saturated carbocycles. The molecular weight excluding hydrogens is 340 g/mol. The summed E-state index contributed by atoms with van der Waals surface area (Å²) in [5, 5.41) is 0. The quantitative estimate of drug-likeness (QED) is 0.834. The van der Waals surface area contributed by atoms with Crippen LogP contribution in [0.3, 0.4) is 0 Å². The summed E-state index contributed by atoms with van der Waals surface area (Å²) >= 11 is 0. The molecule has 2 aliphatic carbocycles. The monoisotopic (exact) mass is 368 g/mol. The van der Waals surface area contributed by atoms with Crippen molar-refractivity contribution in [1.29, 1.82) is 0 Å². The summed E-state index contributed by atoms with van der Waals surface area (Å²) in [4.78, 5) is 32.3. The van der Waals surface area contributed by atoms with Gasteiger partial charge in [0.2, 0.25) is 5.91 Å². The van der Waals surface area contributed by atoms with E-state index in [1.165, 1.54) is 32.1 Å². The fourth-order valence-corrected chi connectivity index (χ4v) is 4.98. The summed E-state index contributed by atoms with van der Waals surface area (Å²) in [5.41, 5.74) is 1.78. The number of nitrogens with zero attached hydrogens (tertiary/aromatic N) is 4. The van der Waals surface area contributed by atoms with Crippen LogP contribution >= 0.6 is 0 Å². The number of fused-ring (bicyclic) bond motifs is 1. The molecule has 5 rings (SSSR count). The van der Waals surface area contributed by atoms with Crippen LogP contribution in [-0.2, 0) is 11.3 Å². The van der Waals surface area contributed by atoms with Gasteiger partial charge in [-0.15, -0.1) is 0 Å². The van der Waals surface area contributed by atoms with Crippen LogP contribution in [0.5, 0.6) is 0 Å². The Morgan fingerprint density at radius 3 is 2.70 bits per heavy atom. The molecule has 0 bridgehead atoms.